The van der Waals surface area contributed by atoms with Crippen LogP contribution in [0.5, 0.6) is 5.75 Å². The highest BCUT2D eigenvalue weighted by Crippen LogP contribution is 2.36. The molecule has 0 fully saturated rings. The predicted molar refractivity (Wildman–Crippen MR) is 150 cm³/mol. The number of carbonyl (C=O) groups is 3. The topological polar surface area (TPSA) is 93.7 Å². The van der Waals surface area contributed by atoms with Crippen LogP contribution in [0.2, 0.25) is 5.02 Å². The van der Waals surface area contributed by atoms with E-state index in [1.54, 1.807) is 60.8 Å². The number of halogens is 1. The summed E-state index contributed by atoms with van der Waals surface area (Å²) in [5.41, 5.74) is 3.95. The number of thiophene rings is 1. The number of hydrogen-bond acceptors (Lipinski definition) is 6. The fraction of sp³-hybridized carbons (Fsp3) is 0.138. The van der Waals surface area contributed by atoms with E-state index in [1.165, 1.54) is 11.3 Å². The molecule has 0 saturated carbocycles. The van der Waals surface area contributed by atoms with Crippen molar-refractivity contribution in [2.45, 2.75) is 13.8 Å². The van der Waals surface area contributed by atoms with Crippen LogP contribution in [0.15, 0.2) is 78.2 Å². The molecule has 0 spiro atoms. The summed E-state index contributed by atoms with van der Waals surface area (Å²) in [4.78, 5) is 37.8. The molecule has 1 heterocycles. The number of benzene rings is 3. The first-order chi connectivity index (χ1) is 18.3. The molecular formula is C29H25ClN2O5S. The second kappa shape index (κ2) is 12.4. The Morgan fingerprint density at radius 2 is 1.58 bits per heavy atom. The van der Waals surface area contributed by atoms with Gasteiger partial charge in [0, 0.05) is 27.2 Å². The maximum Gasteiger partial charge on any atom is 0.341 e. The summed E-state index contributed by atoms with van der Waals surface area (Å²) >= 11 is 7.21. The van der Waals surface area contributed by atoms with Crippen LogP contribution in [0.4, 0.5) is 10.7 Å². The van der Waals surface area contributed by atoms with Gasteiger partial charge in [0.05, 0.1) is 6.61 Å². The van der Waals surface area contributed by atoms with Crippen molar-refractivity contribution >= 4 is 51.4 Å². The van der Waals surface area contributed by atoms with Gasteiger partial charge >= 0.3 is 5.97 Å². The van der Waals surface area contributed by atoms with Gasteiger partial charge in [-0.2, -0.15) is 0 Å². The van der Waals surface area contributed by atoms with Crippen LogP contribution < -0.4 is 15.4 Å². The van der Waals surface area contributed by atoms with Crippen LogP contribution in [0.1, 0.15) is 33.2 Å². The van der Waals surface area contributed by atoms with Crippen molar-refractivity contribution in [2.24, 2.45) is 0 Å². The molecule has 0 saturated heterocycles. The Labute approximate surface area is 229 Å². The van der Waals surface area contributed by atoms with Crippen molar-refractivity contribution in [1.29, 1.82) is 0 Å². The van der Waals surface area contributed by atoms with Crippen LogP contribution >= 0.6 is 22.9 Å². The number of anilines is 2. The molecule has 2 amide bonds. The van der Waals surface area contributed by atoms with Gasteiger partial charge in [0.1, 0.15) is 16.3 Å². The number of rotatable bonds is 9. The zero-order valence-electron chi connectivity index (χ0n) is 20.7. The van der Waals surface area contributed by atoms with Crippen molar-refractivity contribution < 1.29 is 23.9 Å². The molecule has 0 aliphatic rings. The van der Waals surface area contributed by atoms with E-state index >= 15 is 0 Å². The van der Waals surface area contributed by atoms with E-state index in [4.69, 9.17) is 21.1 Å². The Morgan fingerprint density at radius 3 is 2.24 bits per heavy atom. The summed E-state index contributed by atoms with van der Waals surface area (Å²) < 4.78 is 10.8. The smallest absolute Gasteiger partial charge is 0.341 e. The molecule has 7 nitrogen and oxygen atoms in total. The monoisotopic (exact) mass is 548 g/mol. The van der Waals surface area contributed by atoms with Crippen molar-refractivity contribution in [3.05, 3.63) is 99.9 Å². The minimum absolute atomic E-state index is 0.199. The largest absolute Gasteiger partial charge is 0.484 e. The SMILES string of the molecule is CCOC(=O)c1c(-c2ccc(Cl)cc2)csc1NC(=O)COc1ccc(C(=O)Nc2ccc(C)cc2)cc1. The summed E-state index contributed by atoms with van der Waals surface area (Å²) in [6, 6.07) is 21.0. The van der Waals surface area contributed by atoms with E-state index in [2.05, 4.69) is 10.6 Å². The lowest BCUT2D eigenvalue weighted by molar-refractivity contribution is -0.118. The van der Waals surface area contributed by atoms with Crippen LogP contribution in [0.3, 0.4) is 0 Å². The lowest BCUT2D eigenvalue weighted by Crippen LogP contribution is -2.21. The van der Waals surface area contributed by atoms with Gasteiger partial charge in [-0.15, -0.1) is 11.3 Å². The summed E-state index contributed by atoms with van der Waals surface area (Å²) in [6.45, 7) is 3.61. The Morgan fingerprint density at radius 1 is 0.895 bits per heavy atom. The van der Waals surface area contributed by atoms with Crippen LogP contribution in [0, 0.1) is 6.92 Å². The minimum atomic E-state index is -0.533. The Kier molecular flexibility index (Phi) is 8.78. The second-order valence-corrected chi connectivity index (χ2v) is 9.58. The number of aryl methyl sites for hydroxylation is 1. The van der Waals surface area contributed by atoms with Crippen molar-refractivity contribution in [3.63, 3.8) is 0 Å². The molecule has 4 rings (SSSR count). The molecular weight excluding hydrogens is 524 g/mol. The lowest BCUT2D eigenvalue weighted by atomic mass is 10.0. The summed E-state index contributed by atoms with van der Waals surface area (Å²) in [7, 11) is 0. The highest BCUT2D eigenvalue weighted by molar-refractivity contribution is 7.15. The molecule has 194 valence electrons. The number of esters is 1. The number of ether oxygens (including phenoxy) is 2. The third-order valence-corrected chi connectivity index (χ3v) is 6.62. The van der Waals surface area contributed by atoms with Gasteiger partial charge in [-0.05, 0) is 67.9 Å². The third kappa shape index (κ3) is 6.79. The summed E-state index contributed by atoms with van der Waals surface area (Å²) in [5, 5.41) is 8.31. The molecule has 0 atom stereocenters. The maximum atomic E-state index is 12.7. The quantitative estimate of drug-likeness (QED) is 0.224. The fourth-order valence-electron chi connectivity index (χ4n) is 3.55. The molecule has 0 unspecified atom stereocenters. The molecule has 9 heteroatoms. The molecule has 4 aromatic rings. The average Bonchev–Trinajstić information content (AvgIpc) is 3.33. The molecule has 38 heavy (non-hydrogen) atoms. The maximum absolute atomic E-state index is 12.7. The van der Waals surface area contributed by atoms with Gasteiger partial charge in [-0.1, -0.05) is 41.4 Å². The fourth-order valence-corrected chi connectivity index (χ4v) is 4.65. The normalized spacial score (nSPS) is 10.5. The van der Waals surface area contributed by atoms with E-state index in [0.29, 0.717) is 32.6 Å². The number of nitrogens with one attached hydrogen (secondary N) is 2. The van der Waals surface area contributed by atoms with E-state index in [-0.39, 0.29) is 24.7 Å². The molecule has 0 aliphatic carbocycles. The van der Waals surface area contributed by atoms with E-state index in [1.807, 2.05) is 31.2 Å². The highest BCUT2D eigenvalue weighted by Gasteiger charge is 2.23. The van der Waals surface area contributed by atoms with E-state index in [9.17, 15) is 14.4 Å². The standard InChI is InChI=1S/C29H25ClN2O5S/c1-3-36-29(35)26-24(19-6-10-21(30)11-7-19)17-38-28(26)32-25(33)16-37-23-14-8-20(9-15-23)27(34)31-22-12-4-18(2)5-13-22/h4-15,17H,3,16H2,1-2H3,(H,31,34)(H,32,33). The lowest BCUT2D eigenvalue weighted by Gasteiger charge is -2.10. The van der Waals surface area contributed by atoms with E-state index < -0.39 is 11.9 Å². The molecule has 1 aromatic heterocycles. The number of carbonyl (C=O) groups excluding carboxylic acids is 3. The van der Waals surface area contributed by atoms with Gasteiger partial charge in [0.2, 0.25) is 0 Å². The van der Waals surface area contributed by atoms with Crippen molar-refractivity contribution in [3.8, 4) is 16.9 Å². The highest BCUT2D eigenvalue weighted by atomic mass is 35.5. The Balaban J connectivity index is 1.39. The molecule has 0 aliphatic heterocycles. The molecule has 3 aromatic carbocycles. The van der Waals surface area contributed by atoms with Gasteiger partial charge in [-0.3, -0.25) is 9.59 Å². The molecule has 0 radical (unpaired) electrons. The van der Waals surface area contributed by atoms with Gasteiger partial charge < -0.3 is 20.1 Å². The summed E-state index contributed by atoms with van der Waals surface area (Å²) in [5.74, 6) is -0.805. The first-order valence-corrected chi connectivity index (χ1v) is 13.0. The van der Waals surface area contributed by atoms with Gasteiger partial charge in [-0.25, -0.2) is 4.79 Å². The number of hydrogen-bond donors (Lipinski definition) is 2. The Bertz CT molecular complexity index is 1430. The predicted octanol–water partition coefficient (Wildman–Crippen LogP) is 6.82. The van der Waals surface area contributed by atoms with Crippen LogP contribution in [-0.2, 0) is 9.53 Å². The summed E-state index contributed by atoms with van der Waals surface area (Å²) in [6.07, 6.45) is 0. The molecule has 2 N–H and O–H groups in total. The van der Waals surface area contributed by atoms with Crippen LogP contribution in [-0.4, -0.2) is 31.0 Å². The first kappa shape index (κ1) is 26.9. The van der Waals surface area contributed by atoms with Crippen LogP contribution in [0.25, 0.3) is 11.1 Å². The second-order valence-electron chi connectivity index (χ2n) is 8.26. The zero-order chi connectivity index (χ0) is 27.1. The molecule has 0 bridgehead atoms. The minimum Gasteiger partial charge on any atom is -0.484 e. The number of amides is 2. The first-order valence-electron chi connectivity index (χ1n) is 11.8. The Hall–Kier alpha value is -4.14. The zero-order valence-corrected chi connectivity index (χ0v) is 22.3. The average molecular weight is 549 g/mol. The van der Waals surface area contributed by atoms with Crippen molar-refractivity contribution in [1.82, 2.24) is 0 Å². The van der Waals surface area contributed by atoms with Crippen molar-refractivity contribution in [2.75, 3.05) is 23.8 Å². The van der Waals surface area contributed by atoms with Gasteiger partial charge in [0.15, 0.2) is 6.61 Å². The van der Waals surface area contributed by atoms with Gasteiger partial charge in [0.25, 0.3) is 11.8 Å². The third-order valence-electron chi connectivity index (χ3n) is 5.47. The van der Waals surface area contributed by atoms with E-state index in [0.717, 1.165) is 11.1 Å².